The van der Waals surface area contributed by atoms with Gasteiger partial charge in [-0.1, -0.05) is 38.5 Å². The van der Waals surface area contributed by atoms with Crippen LogP contribution < -0.4 is 15.2 Å². The molecule has 1 amide bonds. The minimum absolute atomic E-state index is 0.0219. The molecule has 1 aliphatic rings. The van der Waals surface area contributed by atoms with Gasteiger partial charge in [-0.15, -0.1) is 0 Å². The summed E-state index contributed by atoms with van der Waals surface area (Å²) >= 11 is 0. The molecule has 0 spiro atoms. The quantitative estimate of drug-likeness (QED) is 0.153. The largest absolute Gasteiger partial charge is 0.494 e. The number of nitrogens with two attached hydrogens (primary N) is 1. The van der Waals surface area contributed by atoms with Crippen LogP contribution in [0.5, 0.6) is 5.75 Å². The van der Waals surface area contributed by atoms with Gasteiger partial charge in [-0.2, -0.15) is 21.6 Å². The van der Waals surface area contributed by atoms with Gasteiger partial charge in [0, 0.05) is 6.42 Å². The fourth-order valence-corrected chi connectivity index (χ4v) is 5.66. The number of carbonyl (C=O) groups is 1. The summed E-state index contributed by atoms with van der Waals surface area (Å²) < 4.78 is 81.5. The molecule has 3 heterocycles. The highest BCUT2D eigenvalue weighted by molar-refractivity contribution is 7.85. The SMILES string of the molecule is Nc1ncnc2c1ncn2[C@@H]1O[C@H](COS(=O)(=O)NC(=O)CCCCCCCCCCOc2ccc(C(F)(F)F)cc2)[C@@H](O)[C@H]1O. The van der Waals surface area contributed by atoms with Crippen molar-refractivity contribution >= 4 is 33.2 Å². The summed E-state index contributed by atoms with van der Waals surface area (Å²) in [7, 11) is -4.49. The number of rotatable bonds is 17. The number of aliphatic hydroxyl groups is 2. The van der Waals surface area contributed by atoms with Gasteiger partial charge in [0.15, 0.2) is 17.7 Å². The number of carbonyl (C=O) groups excluding carboxylic acids is 1. The Morgan fingerprint density at radius 2 is 1.63 bits per heavy atom. The monoisotopic (exact) mass is 674 g/mol. The fourth-order valence-electron chi connectivity index (χ4n) is 4.91. The highest BCUT2D eigenvalue weighted by atomic mass is 32.2. The fraction of sp³-hybridized carbons (Fsp3) is 0.571. The molecule has 2 aromatic heterocycles. The van der Waals surface area contributed by atoms with E-state index < -0.39 is 59.1 Å². The number of halogens is 3. The number of anilines is 1. The van der Waals surface area contributed by atoms with Crippen molar-refractivity contribution in [2.24, 2.45) is 0 Å². The first-order valence-corrected chi connectivity index (χ1v) is 16.2. The van der Waals surface area contributed by atoms with Crippen LogP contribution in [0.2, 0.25) is 0 Å². The second kappa shape index (κ2) is 15.8. The van der Waals surface area contributed by atoms with Crippen LogP contribution in [0.1, 0.15) is 69.6 Å². The number of hydrogen-bond donors (Lipinski definition) is 4. The van der Waals surface area contributed by atoms with Crippen molar-refractivity contribution in [3.63, 3.8) is 0 Å². The number of benzene rings is 1. The molecule has 18 heteroatoms. The third-order valence-electron chi connectivity index (χ3n) is 7.37. The minimum atomic E-state index is -4.49. The van der Waals surface area contributed by atoms with E-state index in [0.29, 0.717) is 18.8 Å². The highest BCUT2D eigenvalue weighted by Gasteiger charge is 2.45. The van der Waals surface area contributed by atoms with Crippen LogP contribution in [0, 0.1) is 0 Å². The van der Waals surface area contributed by atoms with Gasteiger partial charge in [0.05, 0.1) is 25.1 Å². The number of unbranched alkanes of at least 4 members (excludes halogenated alkanes) is 7. The molecule has 254 valence electrons. The van der Waals surface area contributed by atoms with Crippen molar-refractivity contribution < 1.29 is 50.3 Å². The molecule has 5 N–H and O–H groups in total. The predicted molar refractivity (Wildman–Crippen MR) is 157 cm³/mol. The Labute approximate surface area is 263 Å². The molecule has 1 aromatic carbocycles. The first kappa shape index (κ1) is 35.3. The number of nitrogens with one attached hydrogen (secondary N) is 1. The number of imidazole rings is 1. The number of hydrogen-bond acceptors (Lipinski definition) is 12. The van der Waals surface area contributed by atoms with E-state index in [0.717, 1.165) is 57.1 Å². The molecule has 46 heavy (non-hydrogen) atoms. The molecule has 1 fully saturated rings. The lowest BCUT2D eigenvalue weighted by Crippen LogP contribution is -2.37. The molecule has 0 unspecified atom stereocenters. The molecular formula is C28H37F3N6O8S. The summed E-state index contributed by atoms with van der Waals surface area (Å²) in [5.41, 5.74) is 5.56. The summed E-state index contributed by atoms with van der Waals surface area (Å²) in [5, 5.41) is 20.9. The lowest BCUT2D eigenvalue weighted by molar-refractivity contribution is -0.137. The average molecular weight is 675 g/mol. The number of aliphatic hydroxyl groups excluding tert-OH is 2. The van der Waals surface area contributed by atoms with Gasteiger partial charge in [-0.25, -0.2) is 19.7 Å². The van der Waals surface area contributed by atoms with E-state index in [1.54, 1.807) is 0 Å². The molecule has 0 aliphatic carbocycles. The second-order valence-corrected chi connectivity index (χ2v) is 12.2. The van der Waals surface area contributed by atoms with Crippen LogP contribution in [0.25, 0.3) is 11.2 Å². The van der Waals surface area contributed by atoms with Crippen molar-refractivity contribution in [2.75, 3.05) is 18.9 Å². The molecule has 0 radical (unpaired) electrons. The van der Waals surface area contributed by atoms with Gasteiger partial charge in [-0.3, -0.25) is 13.5 Å². The Hall–Kier alpha value is -3.58. The van der Waals surface area contributed by atoms with Crippen molar-refractivity contribution in [3.8, 4) is 5.75 Å². The van der Waals surface area contributed by atoms with E-state index in [-0.39, 0.29) is 23.4 Å². The van der Waals surface area contributed by atoms with Crippen molar-refractivity contribution in [2.45, 2.75) is 88.5 Å². The Kier molecular flexibility index (Phi) is 12.1. The number of alkyl halides is 3. The van der Waals surface area contributed by atoms with Gasteiger partial charge in [0.2, 0.25) is 5.91 Å². The molecule has 0 bridgehead atoms. The Bertz CT molecular complexity index is 1540. The van der Waals surface area contributed by atoms with Crippen LogP contribution in [0.3, 0.4) is 0 Å². The maximum atomic E-state index is 12.6. The summed E-state index contributed by atoms with van der Waals surface area (Å²) in [4.78, 5) is 24.1. The maximum Gasteiger partial charge on any atom is 0.416 e. The number of nitrogens with zero attached hydrogens (tertiary/aromatic N) is 4. The molecule has 4 atom stereocenters. The first-order valence-electron chi connectivity index (χ1n) is 14.8. The third-order valence-corrected chi connectivity index (χ3v) is 8.30. The Balaban J connectivity index is 1.04. The lowest BCUT2D eigenvalue weighted by atomic mass is 10.1. The average Bonchev–Trinajstić information content (AvgIpc) is 3.55. The number of aromatic nitrogens is 4. The summed E-state index contributed by atoms with van der Waals surface area (Å²) in [6.07, 6.45) is -0.635. The molecule has 1 aliphatic heterocycles. The van der Waals surface area contributed by atoms with Crippen LogP contribution >= 0.6 is 0 Å². The zero-order valence-corrected chi connectivity index (χ0v) is 25.6. The van der Waals surface area contributed by atoms with Gasteiger partial charge in [0.25, 0.3) is 0 Å². The molecule has 0 saturated carbocycles. The number of fused-ring (bicyclic) bond motifs is 1. The summed E-state index contributed by atoms with van der Waals surface area (Å²) in [6.45, 7) is -0.249. The smallest absolute Gasteiger partial charge is 0.416 e. The normalized spacial score (nSPS) is 20.3. The van der Waals surface area contributed by atoms with E-state index in [9.17, 15) is 36.6 Å². The Morgan fingerprint density at radius 3 is 2.30 bits per heavy atom. The topological polar surface area (TPSA) is 201 Å². The number of ether oxygens (including phenoxy) is 2. The van der Waals surface area contributed by atoms with E-state index in [1.165, 1.54) is 29.4 Å². The molecule has 1 saturated heterocycles. The minimum Gasteiger partial charge on any atom is -0.494 e. The molecule has 3 aromatic rings. The predicted octanol–water partition coefficient (Wildman–Crippen LogP) is 3.01. The van der Waals surface area contributed by atoms with E-state index in [1.807, 2.05) is 4.72 Å². The molecule has 14 nitrogen and oxygen atoms in total. The Morgan fingerprint density at radius 1 is 0.978 bits per heavy atom. The summed E-state index contributed by atoms with van der Waals surface area (Å²) in [5.74, 6) is -0.229. The molecular weight excluding hydrogens is 637 g/mol. The highest BCUT2D eigenvalue weighted by Crippen LogP contribution is 2.32. The van der Waals surface area contributed by atoms with Crippen LogP contribution in [-0.4, -0.2) is 75.6 Å². The first-order chi connectivity index (χ1) is 21.9. The van der Waals surface area contributed by atoms with E-state index in [4.69, 9.17) is 19.4 Å². The van der Waals surface area contributed by atoms with Gasteiger partial charge in [0.1, 0.15) is 35.9 Å². The van der Waals surface area contributed by atoms with Gasteiger partial charge >= 0.3 is 16.5 Å². The van der Waals surface area contributed by atoms with E-state index >= 15 is 0 Å². The van der Waals surface area contributed by atoms with Crippen molar-refractivity contribution in [1.82, 2.24) is 24.2 Å². The van der Waals surface area contributed by atoms with E-state index in [2.05, 4.69) is 15.0 Å². The van der Waals surface area contributed by atoms with Crippen LogP contribution in [-0.2, 0) is 30.2 Å². The molecule has 4 rings (SSSR count). The van der Waals surface area contributed by atoms with Gasteiger partial charge < -0.3 is 25.4 Å². The lowest BCUT2D eigenvalue weighted by Gasteiger charge is -2.16. The maximum absolute atomic E-state index is 12.6. The number of amides is 1. The van der Waals surface area contributed by atoms with Crippen molar-refractivity contribution in [1.29, 1.82) is 0 Å². The zero-order chi connectivity index (χ0) is 33.3. The summed E-state index contributed by atoms with van der Waals surface area (Å²) in [6, 6.07) is 4.60. The van der Waals surface area contributed by atoms with Crippen molar-refractivity contribution in [3.05, 3.63) is 42.5 Å². The number of nitrogen functional groups attached to an aromatic ring is 1. The van der Waals surface area contributed by atoms with Crippen LogP contribution in [0.15, 0.2) is 36.9 Å². The standard InChI is InChI=1S/C28H37F3N6O8S/c29-28(30,31)18-10-12-19(13-11-18)43-14-8-6-4-2-1-3-5-7-9-21(38)36-46(41,42)44-15-20-23(39)24(40)27(45-20)37-17-35-22-25(32)33-16-34-26(22)37/h10-13,16-17,20,23-24,27,39-40H,1-9,14-15H2,(H,36,38)(H2,32,33,34)/t20-,23-,24-,27-/m1/s1. The third kappa shape index (κ3) is 9.71. The zero-order valence-electron chi connectivity index (χ0n) is 24.8. The van der Waals surface area contributed by atoms with Gasteiger partial charge in [-0.05, 0) is 37.1 Å². The second-order valence-electron chi connectivity index (χ2n) is 10.8. The van der Waals surface area contributed by atoms with Crippen LogP contribution in [0.4, 0.5) is 19.0 Å².